The molecule has 6 rings (SSSR count). The summed E-state index contributed by atoms with van der Waals surface area (Å²) < 4.78 is 21.9. The van der Waals surface area contributed by atoms with Crippen LogP contribution in [-0.4, -0.2) is 36.8 Å². The van der Waals surface area contributed by atoms with Crippen molar-refractivity contribution in [3.63, 3.8) is 0 Å². The van der Waals surface area contributed by atoms with E-state index in [1.807, 2.05) is 42.5 Å². The SMILES string of the molecule is O=C(NNC(=O)c1cc(-c2ccc3c(c2)OCCO3)nc2ccccc12)c1ccc2c(c1)OCO2. The van der Waals surface area contributed by atoms with Crippen LogP contribution in [0.1, 0.15) is 20.7 Å². The second-order valence-electron chi connectivity index (χ2n) is 7.91. The minimum atomic E-state index is -0.484. The molecule has 4 aromatic rings. The van der Waals surface area contributed by atoms with Gasteiger partial charge in [-0.15, -0.1) is 0 Å². The number of rotatable bonds is 3. The van der Waals surface area contributed by atoms with Crippen molar-refractivity contribution in [3.05, 3.63) is 77.9 Å². The Hall–Kier alpha value is -4.79. The number of aromatic nitrogens is 1. The number of pyridine rings is 1. The Kier molecular flexibility index (Phi) is 5.07. The van der Waals surface area contributed by atoms with E-state index in [-0.39, 0.29) is 6.79 Å². The maximum absolute atomic E-state index is 13.2. The highest BCUT2D eigenvalue weighted by Gasteiger charge is 2.19. The fourth-order valence-electron chi connectivity index (χ4n) is 4.00. The normalized spacial score (nSPS) is 13.4. The molecule has 0 aliphatic carbocycles. The van der Waals surface area contributed by atoms with Crippen molar-refractivity contribution in [2.24, 2.45) is 0 Å². The molecule has 0 spiro atoms. The molecule has 2 aliphatic heterocycles. The summed E-state index contributed by atoms with van der Waals surface area (Å²) in [7, 11) is 0. The Morgan fingerprint density at radius 3 is 2.34 bits per heavy atom. The van der Waals surface area contributed by atoms with Crippen LogP contribution in [0, 0.1) is 0 Å². The number of nitrogens with zero attached hydrogens (tertiary/aromatic N) is 1. The Morgan fingerprint density at radius 2 is 1.43 bits per heavy atom. The average Bonchev–Trinajstić information content (AvgIpc) is 3.38. The van der Waals surface area contributed by atoms with Crippen LogP contribution in [-0.2, 0) is 0 Å². The van der Waals surface area contributed by atoms with Crippen molar-refractivity contribution < 1.29 is 28.5 Å². The summed E-state index contributed by atoms with van der Waals surface area (Å²) in [6, 6.07) is 19.4. The zero-order chi connectivity index (χ0) is 23.8. The number of carbonyl (C=O) groups excluding carboxylic acids is 2. The average molecular weight is 469 g/mol. The van der Waals surface area contributed by atoms with Gasteiger partial charge in [0.1, 0.15) is 13.2 Å². The van der Waals surface area contributed by atoms with E-state index in [0.29, 0.717) is 63.9 Å². The first-order valence-corrected chi connectivity index (χ1v) is 11.0. The topological polar surface area (TPSA) is 108 Å². The largest absolute Gasteiger partial charge is 0.486 e. The van der Waals surface area contributed by atoms with E-state index in [0.717, 1.165) is 5.56 Å². The minimum absolute atomic E-state index is 0.109. The van der Waals surface area contributed by atoms with Crippen LogP contribution in [0.15, 0.2) is 66.7 Å². The summed E-state index contributed by atoms with van der Waals surface area (Å²) >= 11 is 0. The van der Waals surface area contributed by atoms with Crippen LogP contribution in [0.4, 0.5) is 0 Å². The van der Waals surface area contributed by atoms with Crippen molar-refractivity contribution in [3.8, 4) is 34.3 Å². The van der Waals surface area contributed by atoms with Crippen LogP contribution in [0.5, 0.6) is 23.0 Å². The minimum Gasteiger partial charge on any atom is -0.486 e. The monoisotopic (exact) mass is 469 g/mol. The first-order chi connectivity index (χ1) is 17.2. The highest BCUT2D eigenvalue weighted by atomic mass is 16.7. The number of hydrogen-bond acceptors (Lipinski definition) is 7. The highest BCUT2D eigenvalue weighted by Crippen LogP contribution is 2.35. The smallest absolute Gasteiger partial charge is 0.270 e. The van der Waals surface area contributed by atoms with Gasteiger partial charge in [0.05, 0.1) is 16.8 Å². The number of fused-ring (bicyclic) bond motifs is 3. The molecule has 0 bridgehead atoms. The van der Waals surface area contributed by atoms with Gasteiger partial charge in [-0.3, -0.25) is 20.4 Å². The van der Waals surface area contributed by atoms with E-state index in [4.69, 9.17) is 23.9 Å². The molecule has 2 N–H and O–H groups in total. The zero-order valence-corrected chi connectivity index (χ0v) is 18.4. The molecule has 3 heterocycles. The molecule has 0 atom stereocenters. The van der Waals surface area contributed by atoms with Crippen LogP contribution in [0.3, 0.4) is 0 Å². The highest BCUT2D eigenvalue weighted by molar-refractivity contribution is 6.08. The lowest BCUT2D eigenvalue weighted by atomic mass is 10.0. The third-order valence-corrected chi connectivity index (χ3v) is 5.72. The molecule has 0 radical (unpaired) electrons. The summed E-state index contributed by atoms with van der Waals surface area (Å²) in [6.45, 7) is 1.08. The van der Waals surface area contributed by atoms with Gasteiger partial charge in [0.2, 0.25) is 6.79 Å². The van der Waals surface area contributed by atoms with Gasteiger partial charge in [-0.25, -0.2) is 4.98 Å². The summed E-state index contributed by atoms with van der Waals surface area (Å²) in [5.41, 5.74) is 7.67. The van der Waals surface area contributed by atoms with Crippen molar-refractivity contribution in [2.45, 2.75) is 0 Å². The number of hydrogen-bond donors (Lipinski definition) is 2. The molecule has 2 aliphatic rings. The van der Waals surface area contributed by atoms with Gasteiger partial charge in [0.15, 0.2) is 23.0 Å². The molecule has 35 heavy (non-hydrogen) atoms. The summed E-state index contributed by atoms with van der Waals surface area (Å²) in [6.07, 6.45) is 0. The van der Waals surface area contributed by atoms with Crippen LogP contribution < -0.4 is 29.8 Å². The fraction of sp³-hybridized carbons (Fsp3) is 0.115. The van der Waals surface area contributed by atoms with E-state index in [1.54, 1.807) is 24.3 Å². The lowest BCUT2D eigenvalue weighted by molar-refractivity contribution is 0.0847. The number of para-hydroxylation sites is 1. The van der Waals surface area contributed by atoms with Gasteiger partial charge in [0, 0.05) is 16.5 Å². The summed E-state index contributed by atoms with van der Waals surface area (Å²) in [4.78, 5) is 30.5. The van der Waals surface area contributed by atoms with E-state index in [9.17, 15) is 9.59 Å². The Bertz CT molecular complexity index is 1490. The molecule has 2 amide bonds. The van der Waals surface area contributed by atoms with Crippen LogP contribution in [0.25, 0.3) is 22.2 Å². The van der Waals surface area contributed by atoms with Crippen molar-refractivity contribution in [1.82, 2.24) is 15.8 Å². The molecule has 0 fully saturated rings. The molecule has 0 unspecified atom stereocenters. The fourth-order valence-corrected chi connectivity index (χ4v) is 4.00. The molecule has 0 saturated carbocycles. The molecular formula is C26H19N3O6. The van der Waals surface area contributed by atoms with E-state index in [2.05, 4.69) is 10.9 Å². The molecular weight excluding hydrogens is 450 g/mol. The molecule has 9 nitrogen and oxygen atoms in total. The van der Waals surface area contributed by atoms with E-state index in [1.165, 1.54) is 0 Å². The molecule has 1 aromatic heterocycles. The predicted octanol–water partition coefficient (Wildman–Crippen LogP) is 3.48. The number of nitrogens with one attached hydrogen (secondary N) is 2. The van der Waals surface area contributed by atoms with Gasteiger partial charge in [-0.1, -0.05) is 18.2 Å². The third-order valence-electron chi connectivity index (χ3n) is 5.72. The number of benzene rings is 3. The number of amides is 2. The molecule has 9 heteroatoms. The van der Waals surface area contributed by atoms with Gasteiger partial charge in [-0.2, -0.15) is 0 Å². The Morgan fingerprint density at radius 1 is 0.714 bits per heavy atom. The van der Waals surface area contributed by atoms with Crippen molar-refractivity contribution in [1.29, 1.82) is 0 Å². The lowest BCUT2D eigenvalue weighted by Gasteiger charge is -2.19. The number of hydrazine groups is 1. The van der Waals surface area contributed by atoms with Crippen molar-refractivity contribution >= 4 is 22.7 Å². The second kappa shape index (κ2) is 8.53. The number of ether oxygens (including phenoxy) is 4. The first-order valence-electron chi connectivity index (χ1n) is 11.0. The molecule has 3 aromatic carbocycles. The molecule has 174 valence electrons. The van der Waals surface area contributed by atoms with Gasteiger partial charge in [-0.05, 0) is 48.5 Å². The Labute approximate surface area is 199 Å². The molecule has 0 saturated heterocycles. The van der Waals surface area contributed by atoms with Gasteiger partial charge < -0.3 is 18.9 Å². The van der Waals surface area contributed by atoms with Crippen molar-refractivity contribution in [2.75, 3.05) is 20.0 Å². The lowest BCUT2D eigenvalue weighted by Crippen LogP contribution is -2.41. The summed E-state index contributed by atoms with van der Waals surface area (Å²) in [5, 5.41) is 0.656. The maximum Gasteiger partial charge on any atom is 0.270 e. The first kappa shape index (κ1) is 20.8. The van der Waals surface area contributed by atoms with E-state index < -0.39 is 11.8 Å². The number of carbonyl (C=O) groups is 2. The predicted molar refractivity (Wildman–Crippen MR) is 126 cm³/mol. The van der Waals surface area contributed by atoms with E-state index >= 15 is 0 Å². The zero-order valence-electron chi connectivity index (χ0n) is 18.4. The second-order valence-corrected chi connectivity index (χ2v) is 7.91. The van der Waals surface area contributed by atoms with Crippen LogP contribution in [0.2, 0.25) is 0 Å². The van der Waals surface area contributed by atoms with Gasteiger partial charge >= 0.3 is 0 Å². The quantitative estimate of drug-likeness (QED) is 0.442. The maximum atomic E-state index is 13.2. The van der Waals surface area contributed by atoms with Gasteiger partial charge in [0.25, 0.3) is 11.8 Å². The summed E-state index contributed by atoms with van der Waals surface area (Å²) in [5.74, 6) is 1.39. The standard InChI is InChI=1S/C26H19N3O6/c30-25(16-6-8-22-24(12-16)35-14-34-22)28-29-26(31)18-13-20(27-19-4-2-1-3-17(18)19)15-5-7-21-23(11-15)33-10-9-32-21/h1-8,11-13H,9-10,14H2,(H,28,30)(H,29,31). The third kappa shape index (κ3) is 3.93. The van der Waals surface area contributed by atoms with Crippen LogP contribution >= 0.6 is 0 Å². The Balaban J connectivity index is 1.28.